The molecule has 1 aromatic heterocycles. The van der Waals surface area contributed by atoms with E-state index in [-0.39, 0.29) is 12.6 Å². The van der Waals surface area contributed by atoms with Gasteiger partial charge in [0.1, 0.15) is 5.60 Å². The predicted octanol–water partition coefficient (Wildman–Crippen LogP) is 3.20. The number of ether oxygens (including phenoxy) is 1. The van der Waals surface area contributed by atoms with E-state index in [4.69, 9.17) is 9.57 Å². The molecule has 140 valence electrons. The molecule has 0 aliphatic rings. The molecule has 3 N–H and O–H groups in total. The average Bonchev–Trinajstić information content (AvgIpc) is 2.53. The molecule has 8 heteroatoms. The van der Waals surface area contributed by atoms with Gasteiger partial charge in [-0.05, 0) is 39.8 Å². The Kier molecular flexibility index (Phi) is 6.35. The van der Waals surface area contributed by atoms with Crippen molar-refractivity contribution in [1.82, 2.24) is 15.8 Å². The highest BCUT2D eigenvalue weighted by molar-refractivity contribution is 5.99. The van der Waals surface area contributed by atoms with Crippen molar-refractivity contribution in [1.29, 1.82) is 0 Å². The number of carbonyl (C=O) groups is 2. The number of rotatable bonds is 5. The number of pyridine rings is 1. The second kappa shape index (κ2) is 8.48. The molecule has 26 heavy (non-hydrogen) atoms. The van der Waals surface area contributed by atoms with Gasteiger partial charge in [-0.3, -0.25) is 9.82 Å². The van der Waals surface area contributed by atoms with Crippen molar-refractivity contribution in [2.75, 3.05) is 11.9 Å². The van der Waals surface area contributed by atoms with E-state index in [2.05, 4.69) is 21.1 Å². The smallest absolute Gasteiger partial charge is 0.407 e. The molecule has 1 heterocycles. The van der Waals surface area contributed by atoms with Crippen molar-refractivity contribution in [3.8, 4) is 0 Å². The number of fused-ring (bicyclic) bond motifs is 1. The van der Waals surface area contributed by atoms with E-state index < -0.39 is 17.7 Å². The molecule has 2 aromatic rings. The lowest BCUT2D eigenvalue weighted by Gasteiger charge is -2.21. The highest BCUT2D eigenvalue weighted by Gasteiger charge is 2.17. The number of amides is 3. The quantitative estimate of drug-likeness (QED) is 0.711. The van der Waals surface area contributed by atoms with Gasteiger partial charge in [0, 0.05) is 11.6 Å². The van der Waals surface area contributed by atoms with E-state index in [1.807, 2.05) is 24.3 Å². The summed E-state index contributed by atoms with van der Waals surface area (Å²) < 4.78 is 5.14. The lowest BCUT2D eigenvalue weighted by Crippen LogP contribution is -2.41. The summed E-state index contributed by atoms with van der Waals surface area (Å²) in [6, 6.07) is 8.35. The third kappa shape index (κ3) is 6.21. The Morgan fingerprint density at radius 2 is 1.92 bits per heavy atom. The lowest BCUT2D eigenvalue weighted by atomic mass is 10.2. The summed E-state index contributed by atoms with van der Waals surface area (Å²) in [6.45, 7) is 7.16. The number of alkyl carbamates (subject to hydrolysis) is 1. The van der Waals surface area contributed by atoms with Crippen molar-refractivity contribution in [3.05, 3.63) is 36.5 Å². The molecular formula is C18H24N4O4. The second-order valence-corrected chi connectivity index (χ2v) is 6.80. The van der Waals surface area contributed by atoms with Crippen molar-refractivity contribution >= 4 is 28.7 Å². The number of hydrogen-bond donors (Lipinski definition) is 3. The monoisotopic (exact) mass is 360 g/mol. The van der Waals surface area contributed by atoms with Gasteiger partial charge < -0.3 is 15.4 Å². The van der Waals surface area contributed by atoms with Gasteiger partial charge in [-0.25, -0.2) is 15.1 Å². The average molecular weight is 360 g/mol. The Bertz CT molecular complexity index is 768. The molecule has 2 rings (SSSR count). The maximum Gasteiger partial charge on any atom is 0.407 e. The molecule has 0 unspecified atom stereocenters. The van der Waals surface area contributed by atoms with Gasteiger partial charge in [0.15, 0.2) is 0 Å². The van der Waals surface area contributed by atoms with E-state index in [0.717, 1.165) is 5.39 Å². The summed E-state index contributed by atoms with van der Waals surface area (Å²) in [6.07, 6.45) is 1.12. The van der Waals surface area contributed by atoms with Crippen molar-refractivity contribution in [2.24, 2.45) is 0 Å². The standard InChI is InChI=1S/C18H24N4O4/c1-12(20-17(24)26-18(2,3)4)11-25-22-16(23)21-14-9-5-7-13-8-6-10-19-15(13)14/h5-10,12H,11H2,1-4H3,(H,20,24)(H2,21,22,23)/t12-/m0/s1. The fraction of sp³-hybridized carbons (Fsp3) is 0.389. The van der Waals surface area contributed by atoms with Crippen LogP contribution in [0.5, 0.6) is 0 Å². The van der Waals surface area contributed by atoms with Crippen LogP contribution < -0.4 is 16.1 Å². The third-order valence-electron chi connectivity index (χ3n) is 3.14. The minimum atomic E-state index is -0.574. The maximum absolute atomic E-state index is 12.0. The van der Waals surface area contributed by atoms with Crippen molar-refractivity contribution < 1.29 is 19.2 Å². The van der Waals surface area contributed by atoms with Crippen LogP contribution in [0.4, 0.5) is 15.3 Å². The first kappa shape index (κ1) is 19.5. The number of para-hydroxylation sites is 1. The molecule has 0 bridgehead atoms. The fourth-order valence-electron chi connectivity index (χ4n) is 2.14. The van der Waals surface area contributed by atoms with Gasteiger partial charge >= 0.3 is 12.1 Å². The minimum Gasteiger partial charge on any atom is -0.444 e. The van der Waals surface area contributed by atoms with Gasteiger partial charge in [0.2, 0.25) is 0 Å². The number of nitrogens with one attached hydrogen (secondary N) is 3. The summed E-state index contributed by atoms with van der Waals surface area (Å²) in [5.41, 5.74) is 2.96. The molecule has 0 aliphatic heterocycles. The number of hydroxylamine groups is 1. The van der Waals surface area contributed by atoms with Crippen LogP contribution in [-0.4, -0.2) is 35.4 Å². The van der Waals surface area contributed by atoms with E-state index in [9.17, 15) is 9.59 Å². The van der Waals surface area contributed by atoms with Gasteiger partial charge in [-0.1, -0.05) is 18.2 Å². The van der Waals surface area contributed by atoms with Crippen LogP contribution in [0, 0.1) is 0 Å². The van der Waals surface area contributed by atoms with E-state index in [0.29, 0.717) is 11.2 Å². The zero-order valence-corrected chi connectivity index (χ0v) is 15.3. The third-order valence-corrected chi connectivity index (χ3v) is 3.14. The van der Waals surface area contributed by atoms with E-state index in [1.54, 1.807) is 40.0 Å². The molecule has 1 atom stereocenters. The molecule has 8 nitrogen and oxygen atoms in total. The molecule has 0 saturated heterocycles. The van der Waals surface area contributed by atoms with Crippen LogP contribution in [-0.2, 0) is 9.57 Å². The normalized spacial score (nSPS) is 12.3. The van der Waals surface area contributed by atoms with Crippen molar-refractivity contribution in [2.45, 2.75) is 39.3 Å². The number of hydrogen-bond acceptors (Lipinski definition) is 5. The zero-order valence-electron chi connectivity index (χ0n) is 15.3. The number of benzene rings is 1. The molecule has 3 amide bonds. The summed E-state index contributed by atoms with van der Waals surface area (Å²) >= 11 is 0. The first-order valence-corrected chi connectivity index (χ1v) is 8.26. The Morgan fingerprint density at radius 3 is 2.65 bits per heavy atom. The van der Waals surface area contributed by atoms with Gasteiger partial charge in [0.05, 0.1) is 23.9 Å². The largest absolute Gasteiger partial charge is 0.444 e. The number of urea groups is 1. The second-order valence-electron chi connectivity index (χ2n) is 6.80. The lowest BCUT2D eigenvalue weighted by molar-refractivity contribution is 0.0343. The first-order chi connectivity index (χ1) is 12.2. The highest BCUT2D eigenvalue weighted by Crippen LogP contribution is 2.20. The van der Waals surface area contributed by atoms with Crippen LogP contribution in [0.2, 0.25) is 0 Å². The maximum atomic E-state index is 12.0. The van der Waals surface area contributed by atoms with Crippen LogP contribution in [0.25, 0.3) is 10.9 Å². The summed E-state index contributed by atoms with van der Waals surface area (Å²) in [7, 11) is 0. The van der Waals surface area contributed by atoms with Gasteiger partial charge in [0.25, 0.3) is 0 Å². The van der Waals surface area contributed by atoms with E-state index >= 15 is 0 Å². The predicted molar refractivity (Wildman–Crippen MR) is 98.7 cm³/mol. The molecule has 1 aromatic carbocycles. The van der Waals surface area contributed by atoms with Crippen LogP contribution in [0.1, 0.15) is 27.7 Å². The van der Waals surface area contributed by atoms with Crippen LogP contribution in [0.3, 0.4) is 0 Å². The Morgan fingerprint density at radius 1 is 1.19 bits per heavy atom. The summed E-state index contributed by atoms with van der Waals surface area (Å²) in [5.74, 6) is 0. The van der Waals surface area contributed by atoms with Crippen LogP contribution in [0.15, 0.2) is 36.5 Å². The molecular weight excluding hydrogens is 336 g/mol. The molecule has 0 fully saturated rings. The Labute approximate surface area is 152 Å². The number of nitrogens with zero attached hydrogens (tertiary/aromatic N) is 1. The first-order valence-electron chi connectivity index (χ1n) is 8.26. The number of carbonyl (C=O) groups excluding carboxylic acids is 2. The zero-order chi connectivity index (χ0) is 19.2. The fourth-order valence-corrected chi connectivity index (χ4v) is 2.14. The molecule has 0 saturated carbocycles. The van der Waals surface area contributed by atoms with Gasteiger partial charge in [-0.15, -0.1) is 0 Å². The summed E-state index contributed by atoms with van der Waals surface area (Å²) in [4.78, 5) is 33.0. The van der Waals surface area contributed by atoms with Crippen molar-refractivity contribution in [3.63, 3.8) is 0 Å². The SMILES string of the molecule is C[C@@H](CONC(=O)Nc1cccc2cccnc12)NC(=O)OC(C)(C)C. The van der Waals surface area contributed by atoms with Gasteiger partial charge in [-0.2, -0.15) is 0 Å². The number of aromatic nitrogens is 1. The Hall–Kier alpha value is -2.87. The van der Waals surface area contributed by atoms with E-state index in [1.165, 1.54) is 0 Å². The Balaban J connectivity index is 1.77. The van der Waals surface area contributed by atoms with Crippen LogP contribution >= 0.6 is 0 Å². The molecule has 0 aliphatic carbocycles. The topological polar surface area (TPSA) is 102 Å². The molecule has 0 radical (unpaired) electrons. The minimum absolute atomic E-state index is 0.0838. The molecule has 0 spiro atoms. The summed E-state index contributed by atoms with van der Waals surface area (Å²) in [5, 5.41) is 6.22. The number of anilines is 1. The highest BCUT2D eigenvalue weighted by atomic mass is 16.7.